The molecule has 0 N–H and O–H groups in total. The zero-order valence-corrected chi connectivity index (χ0v) is 18.3. The van der Waals surface area contributed by atoms with E-state index in [0.717, 1.165) is 34.8 Å². The van der Waals surface area contributed by atoms with Gasteiger partial charge in [-0.05, 0) is 75.8 Å². The van der Waals surface area contributed by atoms with Crippen LogP contribution in [0.15, 0.2) is 63.8 Å². The molecule has 0 saturated heterocycles. The molecule has 0 aliphatic heterocycles. The molecule has 136 valence electrons. The molecule has 0 saturated carbocycles. The lowest BCUT2D eigenvalue weighted by molar-refractivity contribution is 0.563. The maximum Gasteiger partial charge on any atom is 0.344 e. The Hall–Kier alpha value is -1.58. The van der Waals surface area contributed by atoms with Crippen LogP contribution >= 0.6 is 27.7 Å². The maximum atomic E-state index is 12.6. The molecule has 1 aromatic heterocycles. The predicted octanol–water partition coefficient (Wildman–Crippen LogP) is 5.74. The molecule has 0 spiro atoms. The fraction of sp³-hybridized carbons (Fsp3) is 0.136. The van der Waals surface area contributed by atoms with Crippen LogP contribution in [0.4, 0.5) is 0 Å². The Kier molecular flexibility index (Phi) is 5.43. The monoisotopic (exact) mass is 410 g/mol. The highest BCUT2D eigenvalue weighted by Crippen LogP contribution is 2.28. The summed E-state index contributed by atoms with van der Waals surface area (Å²) in [6.45, 7) is 0. The van der Waals surface area contributed by atoms with Crippen LogP contribution in [0.5, 0.6) is 0 Å². The standard InChI is InChI=1S/C22H21O2P3/c23-22-20(8-17-7-18(11-26)19(12-27)9-21(17)24-22)16-4-3-14-5-13(10-25)1-2-15(14)6-16/h1-9H,10-12,25-27H2. The van der Waals surface area contributed by atoms with Crippen LogP contribution in [-0.2, 0) is 18.5 Å². The third-order valence-electron chi connectivity index (χ3n) is 4.95. The van der Waals surface area contributed by atoms with Crippen molar-refractivity contribution < 1.29 is 4.42 Å². The molecule has 27 heavy (non-hydrogen) atoms. The van der Waals surface area contributed by atoms with E-state index < -0.39 is 0 Å². The van der Waals surface area contributed by atoms with Gasteiger partial charge >= 0.3 is 5.63 Å². The molecule has 0 radical (unpaired) electrons. The number of hydrogen-bond donors (Lipinski definition) is 0. The second kappa shape index (κ2) is 7.81. The van der Waals surface area contributed by atoms with E-state index in [1.54, 1.807) is 0 Å². The Morgan fingerprint density at radius 1 is 0.704 bits per heavy atom. The summed E-state index contributed by atoms with van der Waals surface area (Å²) in [6, 6.07) is 18.6. The van der Waals surface area contributed by atoms with E-state index in [1.807, 2.05) is 18.2 Å². The van der Waals surface area contributed by atoms with Gasteiger partial charge in [0.1, 0.15) is 5.58 Å². The average molecular weight is 410 g/mol. The molecule has 4 aromatic rings. The molecule has 1 heterocycles. The largest absolute Gasteiger partial charge is 0.422 e. The molecule has 0 aliphatic rings. The summed E-state index contributed by atoms with van der Waals surface area (Å²) in [4.78, 5) is 12.6. The molecule has 3 unspecified atom stereocenters. The Morgan fingerprint density at radius 3 is 2.15 bits per heavy atom. The van der Waals surface area contributed by atoms with Crippen LogP contribution in [0.1, 0.15) is 16.7 Å². The topological polar surface area (TPSA) is 30.2 Å². The first-order chi connectivity index (χ1) is 13.1. The fourth-order valence-corrected chi connectivity index (χ4v) is 4.44. The highest BCUT2D eigenvalue weighted by Gasteiger charge is 2.11. The molecule has 5 heteroatoms. The van der Waals surface area contributed by atoms with Crippen molar-refractivity contribution in [1.29, 1.82) is 0 Å². The minimum absolute atomic E-state index is 0.295. The minimum Gasteiger partial charge on any atom is -0.422 e. The predicted molar refractivity (Wildman–Crippen MR) is 126 cm³/mol. The first-order valence-corrected chi connectivity index (χ1v) is 11.3. The Morgan fingerprint density at radius 2 is 1.41 bits per heavy atom. The van der Waals surface area contributed by atoms with Gasteiger partial charge < -0.3 is 4.42 Å². The Labute approximate surface area is 165 Å². The molecule has 2 nitrogen and oxygen atoms in total. The van der Waals surface area contributed by atoms with Gasteiger partial charge in [0.05, 0.1) is 5.56 Å². The minimum atomic E-state index is -0.295. The highest BCUT2D eigenvalue weighted by molar-refractivity contribution is 7.16. The number of fused-ring (bicyclic) bond motifs is 2. The number of benzene rings is 3. The Balaban J connectivity index is 1.88. The van der Waals surface area contributed by atoms with Crippen LogP contribution in [-0.4, -0.2) is 0 Å². The van der Waals surface area contributed by atoms with E-state index in [2.05, 4.69) is 64.1 Å². The molecule has 0 amide bonds. The third-order valence-corrected chi connectivity index (χ3v) is 6.30. The summed E-state index contributed by atoms with van der Waals surface area (Å²) < 4.78 is 5.66. The van der Waals surface area contributed by atoms with Crippen LogP contribution in [0, 0.1) is 0 Å². The van der Waals surface area contributed by atoms with Gasteiger partial charge in [0, 0.05) is 5.39 Å². The number of rotatable bonds is 4. The van der Waals surface area contributed by atoms with Crippen molar-refractivity contribution in [1.82, 2.24) is 0 Å². The summed E-state index contributed by atoms with van der Waals surface area (Å²) in [5.74, 6) is 0. The van der Waals surface area contributed by atoms with E-state index in [0.29, 0.717) is 11.1 Å². The summed E-state index contributed by atoms with van der Waals surface area (Å²) >= 11 is 0. The summed E-state index contributed by atoms with van der Waals surface area (Å²) in [5, 5.41) is 3.26. The van der Waals surface area contributed by atoms with Crippen molar-refractivity contribution >= 4 is 49.5 Å². The molecule has 3 aromatic carbocycles. The van der Waals surface area contributed by atoms with Gasteiger partial charge in [-0.2, -0.15) is 0 Å². The van der Waals surface area contributed by atoms with Crippen molar-refractivity contribution in [3.05, 3.63) is 81.7 Å². The van der Waals surface area contributed by atoms with Crippen molar-refractivity contribution in [2.24, 2.45) is 0 Å². The molecule has 0 fully saturated rings. The van der Waals surface area contributed by atoms with Gasteiger partial charge in [0.2, 0.25) is 0 Å². The van der Waals surface area contributed by atoms with Crippen LogP contribution < -0.4 is 5.63 Å². The summed E-state index contributed by atoms with van der Waals surface area (Å²) in [6.07, 6.45) is 2.65. The normalized spacial score (nSPS) is 11.4. The van der Waals surface area contributed by atoms with Crippen LogP contribution in [0.25, 0.3) is 32.9 Å². The van der Waals surface area contributed by atoms with E-state index in [-0.39, 0.29) is 5.63 Å². The molecule has 3 atom stereocenters. The summed E-state index contributed by atoms with van der Waals surface area (Å²) in [5.41, 5.74) is 5.57. The van der Waals surface area contributed by atoms with Gasteiger partial charge in [-0.1, -0.05) is 30.3 Å². The van der Waals surface area contributed by atoms with E-state index in [4.69, 9.17) is 4.42 Å². The van der Waals surface area contributed by atoms with Gasteiger partial charge in [0.15, 0.2) is 0 Å². The van der Waals surface area contributed by atoms with Crippen molar-refractivity contribution in [2.75, 3.05) is 0 Å². The van der Waals surface area contributed by atoms with Crippen molar-refractivity contribution in [3.63, 3.8) is 0 Å². The van der Waals surface area contributed by atoms with Gasteiger partial charge in [-0.3, -0.25) is 0 Å². The third kappa shape index (κ3) is 3.60. The first-order valence-electron chi connectivity index (χ1n) is 8.86. The van der Waals surface area contributed by atoms with Gasteiger partial charge in [-0.25, -0.2) is 4.79 Å². The molecule has 0 aliphatic carbocycles. The van der Waals surface area contributed by atoms with E-state index >= 15 is 0 Å². The SMILES string of the molecule is O=c1oc2cc(CP)c(CP)cc2cc1-c1ccc2cc(CP)ccc2c1. The second-order valence-electron chi connectivity index (χ2n) is 6.61. The van der Waals surface area contributed by atoms with E-state index in [9.17, 15) is 4.79 Å². The highest BCUT2D eigenvalue weighted by atomic mass is 31.0. The maximum absolute atomic E-state index is 12.6. The smallest absolute Gasteiger partial charge is 0.344 e. The van der Waals surface area contributed by atoms with Crippen LogP contribution in [0.3, 0.4) is 0 Å². The Bertz CT molecular complexity index is 1210. The quantitative estimate of drug-likeness (QED) is 0.317. The number of hydrogen-bond acceptors (Lipinski definition) is 2. The first kappa shape index (κ1) is 18.8. The lowest BCUT2D eigenvalue weighted by Crippen LogP contribution is -2.03. The average Bonchev–Trinajstić information content (AvgIpc) is 2.71. The van der Waals surface area contributed by atoms with Crippen molar-refractivity contribution in [2.45, 2.75) is 18.5 Å². The molecule has 0 bridgehead atoms. The van der Waals surface area contributed by atoms with Crippen LogP contribution in [0.2, 0.25) is 0 Å². The van der Waals surface area contributed by atoms with Gasteiger partial charge in [-0.15, -0.1) is 27.7 Å². The zero-order chi connectivity index (χ0) is 19.0. The zero-order valence-electron chi connectivity index (χ0n) is 14.9. The van der Waals surface area contributed by atoms with Crippen molar-refractivity contribution in [3.8, 4) is 11.1 Å². The second-order valence-corrected chi connectivity index (χ2v) is 7.84. The fourth-order valence-electron chi connectivity index (χ4n) is 3.43. The molecular formula is C22H21O2P3. The molecular weight excluding hydrogens is 389 g/mol. The lowest BCUT2D eigenvalue weighted by Gasteiger charge is -2.09. The van der Waals surface area contributed by atoms with E-state index in [1.165, 1.54) is 22.1 Å². The lowest BCUT2D eigenvalue weighted by atomic mass is 9.99. The molecule has 4 rings (SSSR count). The van der Waals surface area contributed by atoms with Gasteiger partial charge in [0.25, 0.3) is 0 Å². The summed E-state index contributed by atoms with van der Waals surface area (Å²) in [7, 11) is 8.26.